The van der Waals surface area contributed by atoms with E-state index in [0.717, 1.165) is 83.0 Å². The van der Waals surface area contributed by atoms with Gasteiger partial charge in [-0.2, -0.15) is 0 Å². The van der Waals surface area contributed by atoms with E-state index >= 15 is 0 Å². The summed E-state index contributed by atoms with van der Waals surface area (Å²) < 4.78 is 36.4. The van der Waals surface area contributed by atoms with E-state index in [1.165, 1.54) is 0 Å². The molecule has 2 saturated heterocycles. The summed E-state index contributed by atoms with van der Waals surface area (Å²) in [6.07, 6.45) is 14.9. The molecule has 8 nitrogen and oxygen atoms in total. The molecule has 0 spiro atoms. The van der Waals surface area contributed by atoms with Crippen molar-refractivity contribution in [2.45, 2.75) is 102 Å². The van der Waals surface area contributed by atoms with Gasteiger partial charge in [0.25, 0.3) is 5.17 Å². The van der Waals surface area contributed by atoms with Gasteiger partial charge in [-0.1, -0.05) is 48.5 Å². The van der Waals surface area contributed by atoms with Crippen LogP contribution in [0.15, 0.2) is 49.1 Å². The first kappa shape index (κ1) is 34.9. The molecule has 1 saturated carbocycles. The van der Waals surface area contributed by atoms with Crippen LogP contribution >= 0.6 is 23.8 Å². The summed E-state index contributed by atoms with van der Waals surface area (Å²) >= 11 is 11.7. The van der Waals surface area contributed by atoms with Gasteiger partial charge < -0.3 is 33.7 Å². The average Bonchev–Trinajstić information content (AvgIpc) is 3.35. The summed E-state index contributed by atoms with van der Waals surface area (Å²) in [5.74, 6) is -0.0191. The molecule has 2 heterocycles. The summed E-state index contributed by atoms with van der Waals surface area (Å²) in [4.78, 5) is 11.8. The fraction of sp³-hybridized carbons (Fsp3) is 0.647. The zero-order chi connectivity index (χ0) is 31.0. The molecule has 0 aromatic heterocycles. The Kier molecular flexibility index (Phi) is 15.4. The molecule has 2 unspecified atom stereocenters. The summed E-state index contributed by atoms with van der Waals surface area (Å²) in [7, 11) is 0. The lowest BCUT2D eigenvalue weighted by Gasteiger charge is -2.31. The summed E-state index contributed by atoms with van der Waals surface area (Å²) in [6, 6.07) is 7.66. The van der Waals surface area contributed by atoms with Crippen LogP contribution in [0.2, 0.25) is 5.02 Å². The number of allylic oxidation sites excluding steroid dienone is 2. The van der Waals surface area contributed by atoms with Crippen molar-refractivity contribution in [2.24, 2.45) is 11.8 Å². The summed E-state index contributed by atoms with van der Waals surface area (Å²) in [6.45, 7) is 6.21. The highest BCUT2D eigenvalue weighted by molar-refractivity contribution is 7.80. The van der Waals surface area contributed by atoms with Crippen molar-refractivity contribution in [1.29, 1.82) is 0 Å². The van der Waals surface area contributed by atoms with E-state index in [2.05, 4.69) is 24.0 Å². The molecule has 0 bridgehead atoms. The van der Waals surface area contributed by atoms with E-state index in [-0.39, 0.29) is 49.2 Å². The van der Waals surface area contributed by atoms with Crippen LogP contribution in [0.25, 0.3) is 0 Å². The van der Waals surface area contributed by atoms with E-state index < -0.39 is 0 Å². The first-order valence-electron chi connectivity index (χ1n) is 16.1. The number of thiocarbonyl (C=S) groups is 1. The van der Waals surface area contributed by atoms with Gasteiger partial charge in [0.2, 0.25) is 0 Å². The maximum absolute atomic E-state index is 11.8. The maximum Gasteiger partial charge on any atom is 0.306 e. The predicted molar refractivity (Wildman–Crippen MR) is 174 cm³/mol. The number of nitrogens with one attached hydrogen (secondary N) is 1. The Morgan fingerprint density at radius 3 is 2.41 bits per heavy atom. The minimum Gasteiger partial charge on any atom is -0.471 e. The van der Waals surface area contributed by atoms with Crippen LogP contribution in [0.1, 0.15) is 76.2 Å². The molecule has 0 radical (unpaired) electrons. The van der Waals surface area contributed by atoms with Crippen molar-refractivity contribution in [3.8, 4) is 0 Å². The minimum atomic E-state index is -0.217. The standard InChI is InChI=1S/C34H48ClNO7S/c1-2-18-38-31(37)15-6-4-3-5-14-27-28(24-41-34(44)36-23-25-12-11-13-26(35)21-25)30(43-33-17-8-10-20-40-33)22-29(27)42-32-16-7-9-19-39-32/h2-3,5,11-13,21,27-30,32-33H,1,4,6-10,14-20,22-24H2,(H,36,44)/t27-,28-,29+,30-,32?,33?/m0/s1. The Hall–Kier alpha value is -2.01. The highest BCUT2D eigenvalue weighted by atomic mass is 35.5. The zero-order valence-corrected chi connectivity index (χ0v) is 27.2. The predicted octanol–water partition coefficient (Wildman–Crippen LogP) is 7.04. The number of rotatable bonds is 16. The van der Waals surface area contributed by atoms with E-state index in [1.54, 1.807) is 6.08 Å². The van der Waals surface area contributed by atoms with Gasteiger partial charge in [0.1, 0.15) is 6.61 Å². The molecule has 1 aromatic carbocycles. The number of carbonyl (C=O) groups is 1. The third-order valence-electron chi connectivity index (χ3n) is 8.32. The highest BCUT2D eigenvalue weighted by Crippen LogP contribution is 2.41. The first-order valence-corrected chi connectivity index (χ1v) is 16.9. The number of hydrogen-bond donors (Lipinski definition) is 1. The summed E-state index contributed by atoms with van der Waals surface area (Å²) in [5.41, 5.74) is 1.03. The summed E-state index contributed by atoms with van der Waals surface area (Å²) in [5, 5.41) is 4.23. The lowest BCUT2D eigenvalue weighted by atomic mass is 9.90. The molecule has 1 aromatic rings. The molecule has 3 aliphatic rings. The molecule has 4 rings (SSSR count). The number of benzene rings is 1. The first-order chi connectivity index (χ1) is 21.5. The second-order valence-electron chi connectivity index (χ2n) is 11.7. The van der Waals surface area contributed by atoms with Crippen LogP contribution in [-0.4, -0.2) is 62.4 Å². The molecule has 2 aliphatic heterocycles. The third kappa shape index (κ3) is 12.1. The zero-order valence-electron chi connectivity index (χ0n) is 25.7. The quantitative estimate of drug-likeness (QED) is 0.0877. The second kappa shape index (κ2) is 19.5. The van der Waals surface area contributed by atoms with Crippen molar-refractivity contribution in [1.82, 2.24) is 5.32 Å². The molecule has 1 aliphatic carbocycles. The van der Waals surface area contributed by atoms with Gasteiger partial charge in [0, 0.05) is 43.5 Å². The number of hydrogen-bond acceptors (Lipinski definition) is 8. The van der Waals surface area contributed by atoms with E-state index in [4.69, 9.17) is 52.2 Å². The van der Waals surface area contributed by atoms with Gasteiger partial charge >= 0.3 is 5.97 Å². The Balaban J connectivity index is 1.39. The van der Waals surface area contributed by atoms with Crippen LogP contribution in [0.4, 0.5) is 0 Å². The van der Waals surface area contributed by atoms with E-state index in [9.17, 15) is 4.79 Å². The van der Waals surface area contributed by atoms with E-state index in [1.807, 2.05) is 24.3 Å². The Bertz CT molecular complexity index is 1060. The van der Waals surface area contributed by atoms with Crippen LogP contribution in [0.5, 0.6) is 0 Å². The second-order valence-corrected chi connectivity index (χ2v) is 12.5. The van der Waals surface area contributed by atoms with Crippen LogP contribution in [0, 0.1) is 11.8 Å². The maximum atomic E-state index is 11.8. The molecule has 0 amide bonds. The Morgan fingerprint density at radius 2 is 1.75 bits per heavy atom. The average molecular weight is 650 g/mol. The number of unbranched alkanes of at least 4 members (excludes halogenated alkanes) is 1. The monoisotopic (exact) mass is 649 g/mol. The molecular weight excluding hydrogens is 602 g/mol. The molecule has 3 fully saturated rings. The largest absolute Gasteiger partial charge is 0.471 e. The van der Waals surface area contributed by atoms with Gasteiger partial charge in [-0.15, -0.1) is 0 Å². The minimum absolute atomic E-state index is 0.0403. The van der Waals surface area contributed by atoms with Crippen molar-refractivity contribution in [3.63, 3.8) is 0 Å². The molecular formula is C34H48ClNO7S. The van der Waals surface area contributed by atoms with Crippen molar-refractivity contribution >= 4 is 35.0 Å². The van der Waals surface area contributed by atoms with Gasteiger partial charge in [0.15, 0.2) is 12.6 Å². The van der Waals surface area contributed by atoms with Gasteiger partial charge in [-0.3, -0.25) is 4.79 Å². The van der Waals surface area contributed by atoms with Crippen molar-refractivity contribution < 1.29 is 33.2 Å². The number of carbonyl (C=O) groups excluding carboxylic acids is 1. The fourth-order valence-corrected chi connectivity index (χ4v) is 6.38. The van der Waals surface area contributed by atoms with Crippen LogP contribution in [-0.2, 0) is 39.8 Å². The Morgan fingerprint density at radius 1 is 1.02 bits per heavy atom. The molecule has 1 N–H and O–H groups in total. The van der Waals surface area contributed by atoms with Crippen molar-refractivity contribution in [2.75, 3.05) is 26.4 Å². The third-order valence-corrected chi connectivity index (χ3v) is 8.82. The van der Waals surface area contributed by atoms with Crippen LogP contribution in [0.3, 0.4) is 0 Å². The number of halogens is 1. The SMILES string of the molecule is C=CCOC(=O)CCCC=CC[C@H]1[C@H](COC(=S)NCc2cccc(Cl)c2)[C@@H](OC2CCCCO2)C[C@H]1OC1CCCCO1. The van der Waals surface area contributed by atoms with Gasteiger partial charge in [-0.25, -0.2) is 0 Å². The molecule has 6 atom stereocenters. The van der Waals surface area contributed by atoms with Gasteiger partial charge in [0.05, 0.1) is 18.8 Å². The normalized spacial score (nSPS) is 27.2. The van der Waals surface area contributed by atoms with Crippen molar-refractivity contribution in [3.05, 3.63) is 59.7 Å². The molecule has 44 heavy (non-hydrogen) atoms. The van der Waals surface area contributed by atoms with Crippen LogP contribution < -0.4 is 5.32 Å². The lowest BCUT2D eigenvalue weighted by Crippen LogP contribution is -2.35. The highest BCUT2D eigenvalue weighted by Gasteiger charge is 2.46. The van der Waals surface area contributed by atoms with E-state index in [0.29, 0.717) is 29.8 Å². The number of esters is 1. The topological polar surface area (TPSA) is 84.5 Å². The lowest BCUT2D eigenvalue weighted by molar-refractivity contribution is -0.204. The Labute approximate surface area is 272 Å². The fourth-order valence-electron chi connectivity index (χ4n) is 6.03. The smallest absolute Gasteiger partial charge is 0.306 e. The molecule has 244 valence electrons. The number of ether oxygens (including phenoxy) is 6. The van der Waals surface area contributed by atoms with Gasteiger partial charge in [-0.05, 0) is 93.6 Å². The molecule has 10 heteroatoms.